The van der Waals surface area contributed by atoms with E-state index in [0.717, 1.165) is 21.7 Å². The Morgan fingerprint density at radius 3 is 2.50 bits per heavy atom. The van der Waals surface area contributed by atoms with Crippen LogP contribution < -0.4 is 10.5 Å². The summed E-state index contributed by atoms with van der Waals surface area (Å²) in [5, 5.41) is 0.594. The minimum atomic E-state index is 0.200. The molecule has 5 heteroatoms. The number of benzene rings is 1. The number of thiazole rings is 1. The number of hydrogen-bond donors (Lipinski definition) is 1. The van der Waals surface area contributed by atoms with Gasteiger partial charge in [-0.3, -0.25) is 0 Å². The van der Waals surface area contributed by atoms with Crippen LogP contribution in [-0.2, 0) is 6.42 Å². The minimum absolute atomic E-state index is 0.200. The largest absolute Gasteiger partial charge is 0.491 e. The Morgan fingerprint density at radius 2 is 2.00 bits per heavy atom. The van der Waals surface area contributed by atoms with Crippen LogP contribution in [0.15, 0.2) is 28.9 Å². The summed E-state index contributed by atoms with van der Waals surface area (Å²) >= 11 is 4.93. The first-order valence-electron chi connectivity index (χ1n) is 5.71. The van der Waals surface area contributed by atoms with Crippen molar-refractivity contribution in [2.75, 3.05) is 5.73 Å². The number of rotatable bonds is 4. The van der Waals surface area contributed by atoms with Crippen molar-refractivity contribution in [3.63, 3.8) is 0 Å². The summed E-state index contributed by atoms with van der Waals surface area (Å²) in [6.07, 6.45) is 1.03. The lowest BCUT2D eigenvalue weighted by molar-refractivity contribution is 0.242. The third-order valence-electron chi connectivity index (χ3n) is 2.33. The van der Waals surface area contributed by atoms with Crippen molar-refractivity contribution < 1.29 is 4.74 Å². The highest BCUT2D eigenvalue weighted by molar-refractivity contribution is 9.10. The first-order chi connectivity index (χ1) is 8.54. The van der Waals surface area contributed by atoms with Crippen LogP contribution in [-0.4, -0.2) is 11.1 Å². The van der Waals surface area contributed by atoms with Crippen molar-refractivity contribution in [3.8, 4) is 5.75 Å². The molecule has 18 heavy (non-hydrogen) atoms. The van der Waals surface area contributed by atoms with Crippen molar-refractivity contribution >= 4 is 32.4 Å². The van der Waals surface area contributed by atoms with Crippen LogP contribution in [0.4, 0.5) is 5.13 Å². The quantitative estimate of drug-likeness (QED) is 0.927. The molecule has 1 aromatic carbocycles. The van der Waals surface area contributed by atoms with E-state index in [1.165, 1.54) is 16.9 Å². The summed E-state index contributed by atoms with van der Waals surface area (Å²) in [6.45, 7) is 4.04. The molecule has 3 nitrogen and oxygen atoms in total. The summed E-state index contributed by atoms with van der Waals surface area (Å²) < 4.78 is 6.45. The van der Waals surface area contributed by atoms with Crippen LogP contribution in [0.5, 0.6) is 5.75 Å². The fourth-order valence-electron chi connectivity index (χ4n) is 1.60. The van der Waals surface area contributed by atoms with Crippen molar-refractivity contribution in [2.45, 2.75) is 26.4 Å². The van der Waals surface area contributed by atoms with Gasteiger partial charge in [-0.2, -0.15) is 0 Å². The monoisotopic (exact) mass is 326 g/mol. The van der Waals surface area contributed by atoms with Gasteiger partial charge in [-0.1, -0.05) is 12.1 Å². The highest BCUT2D eigenvalue weighted by Gasteiger charge is 2.07. The zero-order valence-electron chi connectivity index (χ0n) is 10.3. The van der Waals surface area contributed by atoms with E-state index >= 15 is 0 Å². The molecule has 2 rings (SSSR count). The summed E-state index contributed by atoms with van der Waals surface area (Å²) in [4.78, 5) is 5.30. The van der Waals surface area contributed by atoms with Crippen molar-refractivity contribution in [2.24, 2.45) is 0 Å². The van der Waals surface area contributed by atoms with E-state index in [-0.39, 0.29) is 6.10 Å². The average Bonchev–Trinajstić information content (AvgIpc) is 2.59. The smallest absolute Gasteiger partial charge is 0.181 e. The fraction of sp³-hybridized carbons (Fsp3) is 0.308. The SMILES string of the molecule is CC(C)Oc1ccc(Cc2sc(N)nc2Br)cc1. The van der Waals surface area contributed by atoms with Gasteiger partial charge in [0.1, 0.15) is 10.4 Å². The van der Waals surface area contributed by atoms with Crippen molar-refractivity contribution in [3.05, 3.63) is 39.3 Å². The first-order valence-corrected chi connectivity index (χ1v) is 7.32. The van der Waals surface area contributed by atoms with Crippen LogP contribution in [0.25, 0.3) is 0 Å². The van der Waals surface area contributed by atoms with E-state index in [2.05, 4.69) is 33.0 Å². The number of nitrogen functional groups attached to an aromatic ring is 1. The van der Waals surface area contributed by atoms with Crippen molar-refractivity contribution in [1.29, 1.82) is 0 Å². The second kappa shape index (κ2) is 5.71. The lowest BCUT2D eigenvalue weighted by Gasteiger charge is -2.09. The summed E-state index contributed by atoms with van der Waals surface area (Å²) in [7, 11) is 0. The average molecular weight is 327 g/mol. The Balaban J connectivity index is 2.08. The lowest BCUT2D eigenvalue weighted by atomic mass is 10.1. The molecule has 0 atom stereocenters. The normalized spacial score (nSPS) is 10.9. The van der Waals surface area contributed by atoms with Gasteiger partial charge in [0, 0.05) is 11.3 Å². The predicted octanol–water partition coefficient (Wildman–Crippen LogP) is 3.87. The number of aromatic nitrogens is 1. The van der Waals surface area contributed by atoms with Crippen LogP contribution in [0.3, 0.4) is 0 Å². The number of hydrogen-bond acceptors (Lipinski definition) is 4. The number of ether oxygens (including phenoxy) is 1. The number of nitrogens with zero attached hydrogens (tertiary/aromatic N) is 1. The third-order valence-corrected chi connectivity index (χ3v) is 4.13. The van der Waals surface area contributed by atoms with E-state index in [9.17, 15) is 0 Å². The molecule has 0 fully saturated rings. The van der Waals surface area contributed by atoms with E-state index in [1.807, 2.05) is 26.0 Å². The van der Waals surface area contributed by atoms with Gasteiger partial charge < -0.3 is 10.5 Å². The zero-order valence-corrected chi connectivity index (χ0v) is 12.7. The van der Waals surface area contributed by atoms with E-state index in [1.54, 1.807) is 0 Å². The molecule has 2 N–H and O–H groups in total. The Morgan fingerprint density at radius 1 is 1.33 bits per heavy atom. The molecule has 2 aromatic rings. The molecule has 0 bridgehead atoms. The van der Waals surface area contributed by atoms with Gasteiger partial charge in [0.05, 0.1) is 6.10 Å². The van der Waals surface area contributed by atoms with E-state index in [0.29, 0.717) is 5.13 Å². The standard InChI is InChI=1S/C13H15BrN2OS/c1-8(2)17-10-5-3-9(4-6-10)7-11-12(14)16-13(15)18-11/h3-6,8H,7H2,1-2H3,(H2,15,16). The number of halogens is 1. The molecular formula is C13H15BrN2OS. The predicted molar refractivity (Wildman–Crippen MR) is 79.2 cm³/mol. The molecule has 0 aliphatic rings. The minimum Gasteiger partial charge on any atom is -0.491 e. The molecule has 96 valence electrons. The molecule has 0 spiro atoms. The topological polar surface area (TPSA) is 48.1 Å². The molecule has 0 radical (unpaired) electrons. The third kappa shape index (κ3) is 3.46. The molecule has 0 aliphatic heterocycles. The Kier molecular flexibility index (Phi) is 4.24. The van der Waals surface area contributed by atoms with Crippen molar-refractivity contribution in [1.82, 2.24) is 4.98 Å². The number of anilines is 1. The lowest BCUT2D eigenvalue weighted by Crippen LogP contribution is -2.05. The van der Waals surface area contributed by atoms with Gasteiger partial charge in [0.25, 0.3) is 0 Å². The van der Waals surface area contributed by atoms with Crippen LogP contribution in [0.2, 0.25) is 0 Å². The molecule has 0 saturated carbocycles. The fourth-order valence-corrected chi connectivity index (χ4v) is 3.05. The molecule has 1 heterocycles. The van der Waals surface area contributed by atoms with Crippen LogP contribution in [0.1, 0.15) is 24.3 Å². The van der Waals surface area contributed by atoms with Gasteiger partial charge in [0.15, 0.2) is 5.13 Å². The van der Waals surface area contributed by atoms with Gasteiger partial charge >= 0.3 is 0 Å². The maximum absolute atomic E-state index is 5.67. The second-order valence-electron chi connectivity index (χ2n) is 4.25. The van der Waals surface area contributed by atoms with Crippen LogP contribution in [0, 0.1) is 0 Å². The summed E-state index contributed by atoms with van der Waals surface area (Å²) in [6, 6.07) is 8.13. The highest BCUT2D eigenvalue weighted by atomic mass is 79.9. The first kappa shape index (κ1) is 13.4. The molecular weight excluding hydrogens is 312 g/mol. The maximum Gasteiger partial charge on any atom is 0.181 e. The molecule has 0 unspecified atom stereocenters. The Hall–Kier alpha value is -1.07. The summed E-state index contributed by atoms with van der Waals surface area (Å²) in [5.41, 5.74) is 6.89. The number of nitrogens with two attached hydrogens (primary N) is 1. The van der Waals surface area contributed by atoms with Gasteiger partial charge in [-0.15, -0.1) is 11.3 Å². The van der Waals surface area contributed by atoms with Crippen LogP contribution >= 0.6 is 27.3 Å². The Labute approximate surface area is 119 Å². The Bertz CT molecular complexity index is 522. The van der Waals surface area contributed by atoms with Gasteiger partial charge in [-0.05, 0) is 47.5 Å². The van der Waals surface area contributed by atoms with E-state index in [4.69, 9.17) is 10.5 Å². The second-order valence-corrected chi connectivity index (χ2v) is 6.12. The highest BCUT2D eigenvalue weighted by Crippen LogP contribution is 2.28. The summed E-state index contributed by atoms with van der Waals surface area (Å²) in [5.74, 6) is 0.900. The maximum atomic E-state index is 5.67. The molecule has 0 amide bonds. The molecule has 0 aliphatic carbocycles. The molecule has 1 aromatic heterocycles. The zero-order chi connectivity index (χ0) is 13.1. The van der Waals surface area contributed by atoms with E-state index < -0.39 is 0 Å². The van der Waals surface area contributed by atoms with Gasteiger partial charge in [-0.25, -0.2) is 4.98 Å². The van der Waals surface area contributed by atoms with Gasteiger partial charge in [0.2, 0.25) is 0 Å². The molecule has 0 saturated heterocycles.